The van der Waals surface area contributed by atoms with Gasteiger partial charge < -0.3 is 5.11 Å². The summed E-state index contributed by atoms with van der Waals surface area (Å²) < 4.78 is 0. The molecule has 12 heavy (non-hydrogen) atoms. The normalized spacial score (nSPS) is 22.5. The molecule has 1 unspecified atom stereocenters. The van der Waals surface area contributed by atoms with E-state index in [1.54, 1.807) is 0 Å². The lowest BCUT2D eigenvalue weighted by molar-refractivity contribution is 0.121. The summed E-state index contributed by atoms with van der Waals surface area (Å²) in [6.07, 6.45) is 10.1. The largest absolute Gasteiger partial charge is 0.393 e. The lowest BCUT2D eigenvalue weighted by Crippen LogP contribution is -2.15. The molecular formula is C11H22O. The van der Waals surface area contributed by atoms with Gasteiger partial charge in [0.2, 0.25) is 0 Å². The summed E-state index contributed by atoms with van der Waals surface area (Å²) in [5, 5.41) is 9.60. The van der Waals surface area contributed by atoms with Crippen LogP contribution in [-0.4, -0.2) is 11.2 Å². The predicted octanol–water partition coefficient (Wildman–Crippen LogP) is 3.12. The molecule has 1 N–H and O–H groups in total. The highest BCUT2D eigenvalue weighted by molar-refractivity contribution is 4.69. The van der Waals surface area contributed by atoms with E-state index in [2.05, 4.69) is 6.92 Å². The predicted molar refractivity (Wildman–Crippen MR) is 52.1 cm³/mol. The summed E-state index contributed by atoms with van der Waals surface area (Å²) >= 11 is 0. The fourth-order valence-electron chi connectivity index (χ4n) is 2.26. The molecule has 1 fully saturated rings. The average Bonchev–Trinajstić information content (AvgIpc) is 2.06. The number of hydrogen-bond donors (Lipinski definition) is 1. The molecule has 1 atom stereocenters. The summed E-state index contributed by atoms with van der Waals surface area (Å²) in [5.74, 6) is 0.834. The summed E-state index contributed by atoms with van der Waals surface area (Å²) in [6, 6.07) is 0. The van der Waals surface area contributed by atoms with Crippen molar-refractivity contribution < 1.29 is 5.11 Å². The first-order chi connectivity index (χ1) is 5.83. The molecule has 1 aliphatic rings. The van der Waals surface area contributed by atoms with Crippen LogP contribution in [0.5, 0.6) is 0 Å². The fourth-order valence-corrected chi connectivity index (χ4v) is 2.26. The zero-order valence-corrected chi connectivity index (χ0v) is 8.26. The van der Waals surface area contributed by atoms with Gasteiger partial charge in [0, 0.05) is 0 Å². The second-order valence-electron chi connectivity index (χ2n) is 4.18. The van der Waals surface area contributed by atoms with Crippen molar-refractivity contribution in [3.8, 4) is 0 Å². The molecule has 0 amide bonds. The number of rotatable bonds is 4. The van der Waals surface area contributed by atoms with Crippen LogP contribution in [0.2, 0.25) is 0 Å². The minimum atomic E-state index is -0.0156. The van der Waals surface area contributed by atoms with Crippen LogP contribution in [0, 0.1) is 5.92 Å². The molecule has 0 aromatic rings. The Kier molecular flexibility index (Phi) is 4.67. The van der Waals surface area contributed by atoms with E-state index in [-0.39, 0.29) is 6.10 Å². The number of aliphatic hydroxyl groups excluding tert-OH is 1. The molecule has 0 aromatic heterocycles. The van der Waals surface area contributed by atoms with Gasteiger partial charge in [-0.05, 0) is 18.8 Å². The molecule has 0 aliphatic heterocycles. The summed E-state index contributed by atoms with van der Waals surface area (Å²) in [7, 11) is 0. The molecule has 72 valence electrons. The third-order valence-corrected chi connectivity index (χ3v) is 2.95. The maximum atomic E-state index is 9.60. The van der Waals surface area contributed by atoms with Gasteiger partial charge in [-0.25, -0.2) is 0 Å². The van der Waals surface area contributed by atoms with Crippen LogP contribution in [0.3, 0.4) is 0 Å². The van der Waals surface area contributed by atoms with Crippen LogP contribution in [0.4, 0.5) is 0 Å². The summed E-state index contributed by atoms with van der Waals surface area (Å²) in [4.78, 5) is 0. The molecule has 1 heteroatoms. The van der Waals surface area contributed by atoms with Crippen molar-refractivity contribution in [3.05, 3.63) is 0 Å². The molecule has 0 bridgehead atoms. The molecule has 0 radical (unpaired) electrons. The van der Waals surface area contributed by atoms with Gasteiger partial charge in [-0.2, -0.15) is 0 Å². The average molecular weight is 170 g/mol. The van der Waals surface area contributed by atoms with Crippen LogP contribution >= 0.6 is 0 Å². The van der Waals surface area contributed by atoms with Gasteiger partial charge in [-0.3, -0.25) is 0 Å². The number of hydrogen-bond acceptors (Lipinski definition) is 1. The lowest BCUT2D eigenvalue weighted by atomic mass is 9.85. The highest BCUT2D eigenvalue weighted by Gasteiger charge is 2.16. The van der Waals surface area contributed by atoms with Gasteiger partial charge in [-0.1, -0.05) is 45.4 Å². The molecule has 0 saturated heterocycles. The highest BCUT2D eigenvalue weighted by atomic mass is 16.3. The Morgan fingerprint density at radius 2 is 1.92 bits per heavy atom. The first kappa shape index (κ1) is 10.0. The Hall–Kier alpha value is -0.0400. The van der Waals surface area contributed by atoms with E-state index in [1.165, 1.54) is 32.1 Å². The van der Waals surface area contributed by atoms with Crippen molar-refractivity contribution in [2.24, 2.45) is 5.92 Å². The molecule has 1 saturated carbocycles. The fraction of sp³-hybridized carbons (Fsp3) is 1.00. The van der Waals surface area contributed by atoms with Gasteiger partial charge in [0.05, 0.1) is 6.10 Å². The molecule has 0 heterocycles. The van der Waals surface area contributed by atoms with E-state index in [0.717, 1.165) is 25.2 Å². The van der Waals surface area contributed by atoms with Crippen LogP contribution in [0.25, 0.3) is 0 Å². The molecular weight excluding hydrogens is 148 g/mol. The third kappa shape index (κ3) is 3.57. The van der Waals surface area contributed by atoms with Crippen molar-refractivity contribution in [2.45, 2.75) is 64.4 Å². The first-order valence-electron chi connectivity index (χ1n) is 5.51. The van der Waals surface area contributed by atoms with E-state index >= 15 is 0 Å². The van der Waals surface area contributed by atoms with E-state index < -0.39 is 0 Å². The van der Waals surface area contributed by atoms with Crippen LogP contribution in [-0.2, 0) is 0 Å². The standard InChI is InChI=1S/C11H22O/c1-2-6-11(12)9-10-7-4-3-5-8-10/h10-12H,2-9H2,1H3. The lowest BCUT2D eigenvalue weighted by Gasteiger charge is -2.23. The maximum Gasteiger partial charge on any atom is 0.0542 e. The monoisotopic (exact) mass is 170 g/mol. The Labute approximate surface area is 76.2 Å². The van der Waals surface area contributed by atoms with Crippen molar-refractivity contribution in [3.63, 3.8) is 0 Å². The van der Waals surface area contributed by atoms with E-state index in [1.807, 2.05) is 0 Å². The number of aliphatic hydroxyl groups is 1. The topological polar surface area (TPSA) is 20.2 Å². The van der Waals surface area contributed by atoms with Crippen LogP contribution in [0.15, 0.2) is 0 Å². The smallest absolute Gasteiger partial charge is 0.0542 e. The van der Waals surface area contributed by atoms with Gasteiger partial charge >= 0.3 is 0 Å². The van der Waals surface area contributed by atoms with Crippen molar-refractivity contribution in [2.75, 3.05) is 0 Å². The van der Waals surface area contributed by atoms with Crippen LogP contribution < -0.4 is 0 Å². The van der Waals surface area contributed by atoms with Crippen molar-refractivity contribution >= 4 is 0 Å². The van der Waals surface area contributed by atoms with Crippen LogP contribution in [0.1, 0.15) is 58.3 Å². The van der Waals surface area contributed by atoms with E-state index in [0.29, 0.717) is 0 Å². The Bertz CT molecular complexity index is 106. The van der Waals surface area contributed by atoms with Gasteiger partial charge in [0.25, 0.3) is 0 Å². The second-order valence-corrected chi connectivity index (χ2v) is 4.18. The highest BCUT2D eigenvalue weighted by Crippen LogP contribution is 2.27. The van der Waals surface area contributed by atoms with Crippen molar-refractivity contribution in [1.29, 1.82) is 0 Å². The molecule has 1 aliphatic carbocycles. The third-order valence-electron chi connectivity index (χ3n) is 2.95. The maximum absolute atomic E-state index is 9.60. The van der Waals surface area contributed by atoms with Gasteiger partial charge in [0.15, 0.2) is 0 Å². The minimum absolute atomic E-state index is 0.0156. The zero-order valence-electron chi connectivity index (χ0n) is 8.26. The Balaban J connectivity index is 2.11. The summed E-state index contributed by atoms with van der Waals surface area (Å²) in [6.45, 7) is 2.14. The Morgan fingerprint density at radius 3 is 2.50 bits per heavy atom. The summed E-state index contributed by atoms with van der Waals surface area (Å²) in [5.41, 5.74) is 0. The van der Waals surface area contributed by atoms with Gasteiger partial charge in [0.1, 0.15) is 0 Å². The molecule has 1 rings (SSSR count). The molecule has 1 nitrogen and oxygen atoms in total. The van der Waals surface area contributed by atoms with Gasteiger partial charge in [-0.15, -0.1) is 0 Å². The zero-order chi connectivity index (χ0) is 8.81. The van der Waals surface area contributed by atoms with Crippen molar-refractivity contribution in [1.82, 2.24) is 0 Å². The minimum Gasteiger partial charge on any atom is -0.393 e. The molecule has 0 aromatic carbocycles. The first-order valence-corrected chi connectivity index (χ1v) is 5.51. The molecule has 0 spiro atoms. The second kappa shape index (κ2) is 5.58. The van der Waals surface area contributed by atoms with E-state index in [4.69, 9.17) is 0 Å². The quantitative estimate of drug-likeness (QED) is 0.687. The van der Waals surface area contributed by atoms with E-state index in [9.17, 15) is 5.11 Å². The SMILES string of the molecule is CCCC(O)CC1CCCCC1. The Morgan fingerprint density at radius 1 is 1.25 bits per heavy atom.